The highest BCUT2D eigenvalue weighted by Gasteiger charge is 2.18. The Morgan fingerprint density at radius 2 is 0.825 bits per heavy atom. The van der Waals surface area contributed by atoms with Crippen molar-refractivity contribution >= 4 is 43.5 Å². The van der Waals surface area contributed by atoms with Crippen LogP contribution >= 0.6 is 0 Å². The van der Waals surface area contributed by atoms with Crippen LogP contribution in [0.25, 0.3) is 111 Å². The molecular formula is C53H33N3O. The molecule has 0 radical (unpaired) electrons. The Bertz CT molecular complexity index is 3280. The second-order valence-corrected chi connectivity index (χ2v) is 14.4. The highest BCUT2D eigenvalue weighted by Crippen LogP contribution is 2.38. The maximum absolute atomic E-state index is 6.46. The first-order valence-corrected chi connectivity index (χ1v) is 19.2. The maximum Gasteiger partial charge on any atom is 0.167 e. The van der Waals surface area contributed by atoms with E-state index in [1.54, 1.807) is 0 Å². The van der Waals surface area contributed by atoms with E-state index in [1.807, 2.05) is 30.3 Å². The van der Waals surface area contributed by atoms with Crippen LogP contribution in [0.15, 0.2) is 205 Å². The fraction of sp³-hybridized carbons (Fsp3) is 0. The molecule has 0 aliphatic carbocycles. The molecule has 0 bridgehead atoms. The predicted molar refractivity (Wildman–Crippen MR) is 235 cm³/mol. The molecule has 2 heterocycles. The molecule has 0 N–H and O–H groups in total. The van der Waals surface area contributed by atoms with E-state index in [0.717, 1.165) is 60.9 Å². The maximum atomic E-state index is 6.46. The number of fused-ring (bicyclic) bond motifs is 5. The lowest BCUT2D eigenvalue weighted by atomic mass is 9.93. The SMILES string of the molecule is c1ccc(-c2cc(-c3ccc(-c4nc(-c5ccc(-c6ccc7ccccc7c6)cc5)nc(-c5cccc6c5oc5ccccc56)n4)cc3)cc3ccccc23)cc1. The average Bonchev–Trinajstić information content (AvgIpc) is 3.68. The zero-order chi connectivity index (χ0) is 37.7. The van der Waals surface area contributed by atoms with Crippen LogP contribution < -0.4 is 0 Å². The lowest BCUT2D eigenvalue weighted by Crippen LogP contribution is -2.00. The summed E-state index contributed by atoms with van der Waals surface area (Å²) in [5.41, 5.74) is 11.2. The van der Waals surface area contributed by atoms with Crippen LogP contribution in [-0.2, 0) is 0 Å². The average molecular weight is 728 g/mol. The molecule has 0 unspecified atom stereocenters. The van der Waals surface area contributed by atoms with Gasteiger partial charge >= 0.3 is 0 Å². The van der Waals surface area contributed by atoms with Crippen molar-refractivity contribution in [1.29, 1.82) is 0 Å². The van der Waals surface area contributed by atoms with E-state index in [-0.39, 0.29) is 0 Å². The van der Waals surface area contributed by atoms with Gasteiger partial charge in [-0.25, -0.2) is 15.0 Å². The van der Waals surface area contributed by atoms with Crippen LogP contribution in [0, 0.1) is 0 Å². The Morgan fingerprint density at radius 1 is 0.281 bits per heavy atom. The van der Waals surface area contributed by atoms with Gasteiger partial charge in [0.15, 0.2) is 17.5 Å². The molecular weight excluding hydrogens is 695 g/mol. The van der Waals surface area contributed by atoms with Gasteiger partial charge in [-0.05, 0) is 85.3 Å². The van der Waals surface area contributed by atoms with E-state index in [1.165, 1.54) is 32.7 Å². The number of hydrogen-bond acceptors (Lipinski definition) is 4. The van der Waals surface area contributed by atoms with Crippen molar-refractivity contribution in [2.75, 3.05) is 0 Å². The largest absolute Gasteiger partial charge is 0.455 e. The van der Waals surface area contributed by atoms with Gasteiger partial charge in [0.2, 0.25) is 0 Å². The molecule has 4 nitrogen and oxygen atoms in total. The first kappa shape index (κ1) is 32.7. The predicted octanol–water partition coefficient (Wildman–Crippen LogP) is 14.1. The third kappa shape index (κ3) is 5.92. The third-order valence-electron chi connectivity index (χ3n) is 10.9. The van der Waals surface area contributed by atoms with Crippen molar-refractivity contribution in [1.82, 2.24) is 15.0 Å². The molecule has 11 aromatic rings. The Labute approximate surface area is 329 Å². The van der Waals surface area contributed by atoms with Crippen molar-refractivity contribution in [3.05, 3.63) is 200 Å². The summed E-state index contributed by atoms with van der Waals surface area (Å²) in [4.78, 5) is 15.4. The molecule has 266 valence electrons. The van der Waals surface area contributed by atoms with Crippen molar-refractivity contribution in [2.24, 2.45) is 0 Å². The molecule has 0 aliphatic rings. The molecule has 0 atom stereocenters. The minimum Gasteiger partial charge on any atom is -0.455 e. The zero-order valence-corrected chi connectivity index (χ0v) is 30.8. The number of rotatable bonds is 6. The van der Waals surface area contributed by atoms with Crippen LogP contribution in [0.5, 0.6) is 0 Å². The molecule has 2 aromatic heterocycles. The van der Waals surface area contributed by atoms with Crippen LogP contribution in [0.4, 0.5) is 0 Å². The van der Waals surface area contributed by atoms with Crippen molar-refractivity contribution in [3.63, 3.8) is 0 Å². The van der Waals surface area contributed by atoms with Gasteiger partial charge in [0.1, 0.15) is 11.2 Å². The van der Waals surface area contributed by atoms with Crippen molar-refractivity contribution in [2.45, 2.75) is 0 Å². The summed E-state index contributed by atoms with van der Waals surface area (Å²) in [6.45, 7) is 0. The highest BCUT2D eigenvalue weighted by molar-refractivity contribution is 6.09. The quantitative estimate of drug-likeness (QED) is 0.171. The van der Waals surface area contributed by atoms with Gasteiger partial charge in [-0.3, -0.25) is 0 Å². The summed E-state index contributed by atoms with van der Waals surface area (Å²) >= 11 is 0. The Morgan fingerprint density at radius 3 is 1.58 bits per heavy atom. The van der Waals surface area contributed by atoms with Crippen molar-refractivity contribution in [3.8, 4) is 67.5 Å². The van der Waals surface area contributed by atoms with Crippen LogP contribution in [0.1, 0.15) is 0 Å². The van der Waals surface area contributed by atoms with E-state index in [9.17, 15) is 0 Å². The minimum absolute atomic E-state index is 0.560. The molecule has 0 saturated heterocycles. The Kier molecular flexibility index (Phi) is 7.78. The molecule has 11 rings (SSSR count). The van der Waals surface area contributed by atoms with E-state index in [0.29, 0.717) is 17.5 Å². The third-order valence-corrected chi connectivity index (χ3v) is 10.9. The second-order valence-electron chi connectivity index (χ2n) is 14.4. The molecule has 4 heteroatoms. The summed E-state index contributed by atoms with van der Waals surface area (Å²) in [5, 5.41) is 6.97. The van der Waals surface area contributed by atoms with Crippen molar-refractivity contribution < 1.29 is 4.42 Å². The molecule has 0 saturated carbocycles. The van der Waals surface area contributed by atoms with Crippen LogP contribution in [0.2, 0.25) is 0 Å². The van der Waals surface area contributed by atoms with Gasteiger partial charge < -0.3 is 4.42 Å². The lowest BCUT2D eigenvalue weighted by Gasteiger charge is -2.12. The number of hydrogen-bond donors (Lipinski definition) is 0. The first-order valence-electron chi connectivity index (χ1n) is 19.2. The molecule has 0 fully saturated rings. The van der Waals surface area contributed by atoms with Crippen LogP contribution in [0.3, 0.4) is 0 Å². The lowest BCUT2D eigenvalue weighted by molar-refractivity contribution is 0.669. The summed E-state index contributed by atoms with van der Waals surface area (Å²) in [5.74, 6) is 1.75. The van der Waals surface area contributed by atoms with E-state index in [4.69, 9.17) is 19.4 Å². The Hall–Kier alpha value is -7.69. The van der Waals surface area contributed by atoms with Gasteiger partial charge in [-0.2, -0.15) is 0 Å². The standard InChI is InChI=1S/C53H33N3O/c1-2-12-37(13-3-1)48-33-43(32-42-15-6-7-16-44(42)48)36-23-28-39(29-24-36)52-54-51(38-26-21-35(22-27-38)41-30-25-34-11-4-5-14-40(34)31-41)55-53(56-52)47-19-10-18-46-45-17-8-9-20-49(45)57-50(46)47/h1-33H. The molecule has 0 aliphatic heterocycles. The van der Waals surface area contributed by atoms with Gasteiger partial charge in [0, 0.05) is 21.9 Å². The van der Waals surface area contributed by atoms with Gasteiger partial charge in [-0.1, -0.05) is 170 Å². The van der Waals surface area contributed by atoms with Gasteiger partial charge in [-0.15, -0.1) is 0 Å². The summed E-state index contributed by atoms with van der Waals surface area (Å²) < 4.78 is 6.46. The van der Waals surface area contributed by atoms with E-state index >= 15 is 0 Å². The summed E-state index contributed by atoms with van der Waals surface area (Å²) in [6, 6.07) is 70.1. The fourth-order valence-electron chi connectivity index (χ4n) is 8.00. The number of aromatic nitrogens is 3. The van der Waals surface area contributed by atoms with Gasteiger partial charge in [0.25, 0.3) is 0 Å². The normalized spacial score (nSPS) is 11.5. The molecule has 9 aromatic carbocycles. The fourth-order valence-corrected chi connectivity index (χ4v) is 8.00. The number of nitrogens with zero attached hydrogens (tertiary/aromatic N) is 3. The monoisotopic (exact) mass is 727 g/mol. The second kappa shape index (κ2) is 13.6. The number of benzene rings is 9. The number of para-hydroxylation sites is 2. The highest BCUT2D eigenvalue weighted by atomic mass is 16.3. The van der Waals surface area contributed by atoms with Crippen LogP contribution in [-0.4, -0.2) is 15.0 Å². The topological polar surface area (TPSA) is 51.8 Å². The van der Waals surface area contributed by atoms with E-state index in [2.05, 4.69) is 170 Å². The first-order chi connectivity index (χ1) is 28.2. The molecule has 0 amide bonds. The smallest absolute Gasteiger partial charge is 0.167 e. The molecule has 0 spiro atoms. The Balaban J connectivity index is 1.02. The summed E-state index contributed by atoms with van der Waals surface area (Å²) in [6.07, 6.45) is 0. The van der Waals surface area contributed by atoms with Gasteiger partial charge in [0.05, 0.1) is 5.56 Å². The zero-order valence-electron chi connectivity index (χ0n) is 30.8. The number of furan rings is 1. The van der Waals surface area contributed by atoms with E-state index < -0.39 is 0 Å². The minimum atomic E-state index is 0.560. The summed E-state index contributed by atoms with van der Waals surface area (Å²) in [7, 11) is 0. The molecule has 57 heavy (non-hydrogen) atoms.